The lowest BCUT2D eigenvalue weighted by atomic mass is 9.73. The second-order valence-electron chi connectivity index (χ2n) is 7.67. The Hall–Kier alpha value is -1.47. The smallest absolute Gasteiger partial charge is 0.236 e. The van der Waals surface area contributed by atoms with E-state index in [1.807, 2.05) is 11.8 Å². The number of rotatable bonds is 5. The number of aryl methyl sites for hydroxylation is 1. The van der Waals surface area contributed by atoms with Gasteiger partial charge in [0.25, 0.3) is 0 Å². The number of hydrogen-bond donors (Lipinski definition) is 1. The summed E-state index contributed by atoms with van der Waals surface area (Å²) in [6, 6.07) is 0. The SMILES string of the molecule is Cc1noc([C@]23CN(CC(C)C)CC[C@H]2CN(C(=O)CCO)C3)n1. The molecule has 7 nitrogen and oxygen atoms in total. The van der Waals surface area contributed by atoms with E-state index in [1.165, 1.54) is 0 Å². The van der Waals surface area contributed by atoms with Crippen LogP contribution in [-0.4, -0.2) is 70.3 Å². The molecule has 0 saturated carbocycles. The topological polar surface area (TPSA) is 82.7 Å². The average molecular weight is 336 g/mol. The largest absolute Gasteiger partial charge is 0.396 e. The van der Waals surface area contributed by atoms with Gasteiger partial charge in [0, 0.05) is 32.6 Å². The fourth-order valence-corrected chi connectivity index (χ4v) is 4.26. The highest BCUT2D eigenvalue weighted by Crippen LogP contribution is 2.44. The minimum atomic E-state index is -0.278. The molecule has 1 amide bonds. The molecule has 2 aliphatic rings. The monoisotopic (exact) mass is 336 g/mol. The van der Waals surface area contributed by atoms with Crippen LogP contribution in [0.5, 0.6) is 0 Å². The molecule has 2 fully saturated rings. The summed E-state index contributed by atoms with van der Waals surface area (Å²) in [5.41, 5.74) is -0.278. The number of hydrogen-bond acceptors (Lipinski definition) is 6. The summed E-state index contributed by atoms with van der Waals surface area (Å²) >= 11 is 0. The lowest BCUT2D eigenvalue weighted by molar-refractivity contribution is -0.131. The Bertz CT molecular complexity index is 588. The summed E-state index contributed by atoms with van der Waals surface area (Å²) in [7, 11) is 0. The molecule has 134 valence electrons. The quantitative estimate of drug-likeness (QED) is 0.857. The molecular weight excluding hydrogens is 308 g/mol. The zero-order chi connectivity index (χ0) is 17.3. The van der Waals surface area contributed by atoms with Crippen LogP contribution in [0, 0.1) is 18.8 Å². The second kappa shape index (κ2) is 6.80. The Morgan fingerprint density at radius 3 is 2.88 bits per heavy atom. The Morgan fingerprint density at radius 2 is 2.25 bits per heavy atom. The van der Waals surface area contributed by atoms with Gasteiger partial charge in [-0.3, -0.25) is 4.79 Å². The van der Waals surface area contributed by atoms with E-state index in [1.54, 1.807) is 0 Å². The molecular formula is C17H28N4O3. The number of fused-ring (bicyclic) bond motifs is 1. The number of likely N-dealkylation sites (tertiary alicyclic amines) is 2. The number of aliphatic hydroxyl groups is 1. The molecule has 0 aromatic carbocycles. The normalized spacial score (nSPS) is 27.7. The van der Waals surface area contributed by atoms with Crippen LogP contribution in [0.3, 0.4) is 0 Å². The number of amides is 1. The van der Waals surface area contributed by atoms with Gasteiger partial charge >= 0.3 is 0 Å². The predicted octanol–water partition coefficient (Wildman–Crippen LogP) is 0.818. The number of aromatic nitrogens is 2. The first-order valence-electron chi connectivity index (χ1n) is 8.86. The van der Waals surface area contributed by atoms with Crippen molar-refractivity contribution >= 4 is 5.91 Å². The first kappa shape index (κ1) is 17.4. The molecule has 1 aromatic rings. The highest BCUT2D eigenvalue weighted by atomic mass is 16.5. The van der Waals surface area contributed by atoms with Crippen LogP contribution in [0.25, 0.3) is 0 Å². The number of carbonyl (C=O) groups excluding carboxylic acids is 1. The van der Waals surface area contributed by atoms with Gasteiger partial charge in [0.2, 0.25) is 11.8 Å². The Kier molecular flexibility index (Phi) is 4.92. The lowest BCUT2D eigenvalue weighted by Crippen LogP contribution is -2.52. The van der Waals surface area contributed by atoms with Crippen molar-refractivity contribution in [2.45, 2.75) is 39.0 Å². The Balaban J connectivity index is 1.88. The lowest BCUT2D eigenvalue weighted by Gasteiger charge is -2.42. The van der Waals surface area contributed by atoms with Crippen molar-refractivity contribution in [1.82, 2.24) is 19.9 Å². The van der Waals surface area contributed by atoms with Crippen molar-refractivity contribution < 1.29 is 14.4 Å². The molecule has 3 rings (SSSR count). The summed E-state index contributed by atoms with van der Waals surface area (Å²) in [6.07, 6.45) is 1.21. The van der Waals surface area contributed by atoms with Crippen molar-refractivity contribution in [2.75, 3.05) is 39.3 Å². The first-order chi connectivity index (χ1) is 11.4. The van der Waals surface area contributed by atoms with Gasteiger partial charge in [0.15, 0.2) is 5.82 Å². The predicted molar refractivity (Wildman–Crippen MR) is 88.4 cm³/mol. The Labute approximate surface area is 143 Å². The third-order valence-electron chi connectivity index (χ3n) is 5.25. The van der Waals surface area contributed by atoms with E-state index in [9.17, 15) is 4.79 Å². The van der Waals surface area contributed by atoms with Gasteiger partial charge in [0.1, 0.15) is 0 Å². The molecule has 2 saturated heterocycles. The van der Waals surface area contributed by atoms with Gasteiger partial charge < -0.3 is 19.4 Å². The molecule has 3 heterocycles. The molecule has 2 atom stereocenters. The van der Waals surface area contributed by atoms with Crippen LogP contribution >= 0.6 is 0 Å². The first-order valence-corrected chi connectivity index (χ1v) is 8.86. The van der Waals surface area contributed by atoms with Crippen LogP contribution in [0.1, 0.15) is 38.4 Å². The van der Waals surface area contributed by atoms with E-state index in [2.05, 4.69) is 28.9 Å². The van der Waals surface area contributed by atoms with Crippen molar-refractivity contribution in [3.8, 4) is 0 Å². The zero-order valence-corrected chi connectivity index (χ0v) is 14.9. The van der Waals surface area contributed by atoms with Crippen LogP contribution in [0.2, 0.25) is 0 Å². The molecule has 1 aromatic heterocycles. The van der Waals surface area contributed by atoms with Gasteiger partial charge in [-0.05, 0) is 31.7 Å². The molecule has 2 aliphatic heterocycles. The molecule has 0 aliphatic carbocycles. The van der Waals surface area contributed by atoms with E-state index < -0.39 is 0 Å². The van der Waals surface area contributed by atoms with Gasteiger partial charge in [-0.15, -0.1) is 0 Å². The van der Waals surface area contributed by atoms with Gasteiger partial charge in [-0.25, -0.2) is 0 Å². The van der Waals surface area contributed by atoms with E-state index in [0.717, 1.165) is 32.6 Å². The van der Waals surface area contributed by atoms with Crippen LogP contribution in [-0.2, 0) is 10.2 Å². The summed E-state index contributed by atoms with van der Waals surface area (Å²) < 4.78 is 5.57. The molecule has 1 N–H and O–H groups in total. The molecule has 0 bridgehead atoms. The fraction of sp³-hybridized carbons (Fsp3) is 0.824. The van der Waals surface area contributed by atoms with Crippen LogP contribution < -0.4 is 0 Å². The summed E-state index contributed by atoms with van der Waals surface area (Å²) in [5, 5.41) is 13.1. The highest BCUT2D eigenvalue weighted by molar-refractivity contribution is 5.77. The maximum absolute atomic E-state index is 12.3. The third-order valence-corrected chi connectivity index (χ3v) is 5.25. The van der Waals surface area contributed by atoms with Crippen molar-refractivity contribution in [3.05, 3.63) is 11.7 Å². The second-order valence-corrected chi connectivity index (χ2v) is 7.67. The van der Waals surface area contributed by atoms with E-state index in [-0.39, 0.29) is 24.3 Å². The van der Waals surface area contributed by atoms with Gasteiger partial charge in [0.05, 0.1) is 12.0 Å². The Morgan fingerprint density at radius 1 is 1.46 bits per heavy atom. The van der Waals surface area contributed by atoms with Crippen molar-refractivity contribution in [1.29, 1.82) is 0 Å². The maximum Gasteiger partial charge on any atom is 0.236 e. The minimum Gasteiger partial charge on any atom is -0.396 e. The maximum atomic E-state index is 12.3. The number of aliphatic hydroxyl groups excluding tert-OH is 1. The van der Waals surface area contributed by atoms with Crippen molar-refractivity contribution in [2.24, 2.45) is 11.8 Å². The molecule has 0 radical (unpaired) electrons. The van der Waals surface area contributed by atoms with Crippen LogP contribution in [0.15, 0.2) is 4.52 Å². The molecule has 24 heavy (non-hydrogen) atoms. The van der Waals surface area contributed by atoms with Crippen molar-refractivity contribution in [3.63, 3.8) is 0 Å². The minimum absolute atomic E-state index is 0.0120. The average Bonchev–Trinajstić information content (AvgIpc) is 3.11. The van der Waals surface area contributed by atoms with Gasteiger partial charge in [-0.2, -0.15) is 4.98 Å². The fourth-order valence-electron chi connectivity index (χ4n) is 4.26. The number of carbonyl (C=O) groups is 1. The van der Waals surface area contributed by atoms with Crippen LogP contribution in [0.4, 0.5) is 0 Å². The highest BCUT2D eigenvalue weighted by Gasteiger charge is 2.55. The molecule has 0 spiro atoms. The van der Waals surface area contributed by atoms with E-state index in [0.29, 0.717) is 30.1 Å². The standard InChI is InChI=1S/C17H28N4O3/c1-12(2)8-20-6-4-14-9-21(15(23)5-7-22)11-17(14,10-20)16-18-13(3)19-24-16/h12,14,22H,4-11H2,1-3H3/t14-,17-/m0/s1. The number of nitrogens with zero attached hydrogens (tertiary/aromatic N) is 4. The third kappa shape index (κ3) is 3.19. The summed E-state index contributed by atoms with van der Waals surface area (Å²) in [4.78, 5) is 21.2. The summed E-state index contributed by atoms with van der Waals surface area (Å²) in [5.74, 6) is 2.25. The summed E-state index contributed by atoms with van der Waals surface area (Å²) in [6.45, 7) is 10.4. The molecule has 7 heteroatoms. The van der Waals surface area contributed by atoms with E-state index >= 15 is 0 Å². The van der Waals surface area contributed by atoms with Gasteiger partial charge in [-0.1, -0.05) is 19.0 Å². The number of piperidine rings is 1. The zero-order valence-electron chi connectivity index (χ0n) is 14.9. The van der Waals surface area contributed by atoms with E-state index in [4.69, 9.17) is 9.63 Å². The molecule has 0 unspecified atom stereocenters.